The van der Waals surface area contributed by atoms with Crippen LogP contribution in [0.1, 0.15) is 10.9 Å². The first-order chi connectivity index (χ1) is 7.47. The first-order valence-electron chi connectivity index (χ1n) is 4.18. The highest BCUT2D eigenvalue weighted by atomic mass is 79.9. The number of benzene rings is 1. The minimum Gasteiger partial charge on any atom is -0.463 e. The molecule has 0 amide bonds. The van der Waals surface area contributed by atoms with E-state index in [1.165, 1.54) is 0 Å². The zero-order valence-electron chi connectivity index (χ0n) is 8.17. The smallest absolute Gasteiger partial charge is 0.376 e. The molecule has 0 heterocycles. The second-order valence-corrected chi connectivity index (χ2v) is 5.04. The summed E-state index contributed by atoms with van der Waals surface area (Å²) in [6, 6.07) is 5.06. The van der Waals surface area contributed by atoms with E-state index in [0.29, 0.717) is 5.56 Å². The SMILES string of the molecule is COC(=O)C(=O)C(Cl)c1ccc(Br)c(Br)c1. The molecule has 0 aliphatic heterocycles. The van der Waals surface area contributed by atoms with Crippen LogP contribution in [0.25, 0.3) is 0 Å². The lowest BCUT2D eigenvalue weighted by atomic mass is 10.1. The average molecular weight is 370 g/mol. The van der Waals surface area contributed by atoms with Crippen molar-refractivity contribution >= 4 is 55.2 Å². The Kier molecular flexibility index (Phi) is 4.95. The van der Waals surface area contributed by atoms with Gasteiger partial charge in [0, 0.05) is 8.95 Å². The van der Waals surface area contributed by atoms with Gasteiger partial charge in [-0.15, -0.1) is 11.6 Å². The van der Waals surface area contributed by atoms with Crippen LogP contribution in [0, 0.1) is 0 Å². The molecule has 1 atom stereocenters. The summed E-state index contributed by atoms with van der Waals surface area (Å²) in [6.07, 6.45) is 0. The number of hydrogen-bond acceptors (Lipinski definition) is 3. The fourth-order valence-corrected chi connectivity index (χ4v) is 1.89. The van der Waals surface area contributed by atoms with Crippen molar-refractivity contribution in [2.75, 3.05) is 7.11 Å². The number of alkyl halides is 1. The third-order valence-corrected chi connectivity index (χ3v) is 4.18. The van der Waals surface area contributed by atoms with E-state index in [4.69, 9.17) is 11.6 Å². The molecule has 0 N–H and O–H groups in total. The first kappa shape index (κ1) is 13.7. The number of esters is 1. The lowest BCUT2D eigenvalue weighted by Gasteiger charge is -2.08. The molecule has 3 nitrogen and oxygen atoms in total. The van der Waals surface area contributed by atoms with Crippen molar-refractivity contribution in [3.63, 3.8) is 0 Å². The summed E-state index contributed by atoms with van der Waals surface area (Å²) in [4.78, 5) is 22.4. The topological polar surface area (TPSA) is 43.4 Å². The molecule has 86 valence electrons. The van der Waals surface area contributed by atoms with Crippen LogP contribution in [-0.2, 0) is 14.3 Å². The summed E-state index contributed by atoms with van der Waals surface area (Å²) in [5, 5.41) is -1.03. The number of carbonyl (C=O) groups is 2. The Morgan fingerprint density at radius 1 is 1.31 bits per heavy atom. The third-order valence-electron chi connectivity index (χ3n) is 1.85. The highest BCUT2D eigenvalue weighted by molar-refractivity contribution is 9.13. The number of ether oxygens (including phenoxy) is 1. The Labute approximate surface area is 114 Å². The maximum Gasteiger partial charge on any atom is 0.376 e. The van der Waals surface area contributed by atoms with E-state index in [1.54, 1.807) is 18.2 Å². The van der Waals surface area contributed by atoms with Gasteiger partial charge in [0.05, 0.1) is 7.11 Å². The number of ketones is 1. The minimum absolute atomic E-state index is 0.534. The molecule has 0 bridgehead atoms. The van der Waals surface area contributed by atoms with Crippen LogP contribution in [0.2, 0.25) is 0 Å². The molecular formula is C10H7Br2ClO3. The zero-order chi connectivity index (χ0) is 12.3. The Hall–Kier alpha value is -0.390. The first-order valence-corrected chi connectivity index (χ1v) is 6.20. The molecular weight excluding hydrogens is 363 g/mol. The predicted molar refractivity (Wildman–Crippen MR) is 67.5 cm³/mol. The highest BCUT2D eigenvalue weighted by Gasteiger charge is 2.25. The van der Waals surface area contributed by atoms with E-state index in [1.807, 2.05) is 0 Å². The van der Waals surface area contributed by atoms with Gasteiger partial charge in [0.15, 0.2) is 0 Å². The molecule has 1 rings (SSSR count). The molecule has 0 aromatic heterocycles. The van der Waals surface area contributed by atoms with Gasteiger partial charge in [0.2, 0.25) is 0 Å². The van der Waals surface area contributed by atoms with E-state index >= 15 is 0 Å². The third kappa shape index (κ3) is 3.06. The summed E-state index contributed by atoms with van der Waals surface area (Å²) < 4.78 is 5.91. The molecule has 1 unspecified atom stereocenters. The number of hydrogen-bond donors (Lipinski definition) is 0. The van der Waals surface area contributed by atoms with Gasteiger partial charge in [-0.2, -0.15) is 0 Å². The van der Waals surface area contributed by atoms with Crippen molar-refractivity contribution in [1.82, 2.24) is 0 Å². The van der Waals surface area contributed by atoms with Crippen molar-refractivity contribution < 1.29 is 14.3 Å². The Morgan fingerprint density at radius 3 is 2.44 bits per heavy atom. The molecule has 0 aliphatic carbocycles. The highest BCUT2D eigenvalue weighted by Crippen LogP contribution is 2.29. The molecule has 0 aliphatic rings. The van der Waals surface area contributed by atoms with Gasteiger partial charge in [-0.25, -0.2) is 4.79 Å². The molecule has 1 aromatic rings. The van der Waals surface area contributed by atoms with Gasteiger partial charge in [0.25, 0.3) is 5.78 Å². The lowest BCUT2D eigenvalue weighted by molar-refractivity contribution is -0.151. The van der Waals surface area contributed by atoms with Crippen LogP contribution in [0.15, 0.2) is 27.1 Å². The lowest BCUT2D eigenvalue weighted by Crippen LogP contribution is -2.20. The predicted octanol–water partition coefficient (Wildman–Crippen LogP) is 3.23. The number of halogens is 3. The summed E-state index contributed by atoms with van der Waals surface area (Å²) in [7, 11) is 1.14. The van der Waals surface area contributed by atoms with E-state index in [0.717, 1.165) is 16.1 Å². The van der Waals surface area contributed by atoms with Crippen molar-refractivity contribution in [1.29, 1.82) is 0 Å². The van der Waals surface area contributed by atoms with Gasteiger partial charge in [-0.05, 0) is 49.6 Å². The minimum atomic E-state index is -1.03. The van der Waals surface area contributed by atoms with Crippen molar-refractivity contribution in [3.05, 3.63) is 32.7 Å². The van der Waals surface area contributed by atoms with Gasteiger partial charge in [-0.3, -0.25) is 4.79 Å². The standard InChI is InChI=1S/C10H7Br2ClO3/c1-16-10(15)9(14)8(13)5-2-3-6(11)7(12)4-5/h2-4,8H,1H3. The molecule has 16 heavy (non-hydrogen) atoms. The molecule has 1 aromatic carbocycles. The summed E-state index contributed by atoms with van der Waals surface area (Å²) >= 11 is 12.4. The van der Waals surface area contributed by atoms with Crippen molar-refractivity contribution in [2.45, 2.75) is 5.38 Å². The van der Waals surface area contributed by atoms with E-state index in [9.17, 15) is 9.59 Å². The summed E-state index contributed by atoms with van der Waals surface area (Å²) in [5.41, 5.74) is 0.534. The van der Waals surface area contributed by atoms with Gasteiger partial charge >= 0.3 is 5.97 Å². The molecule has 0 saturated heterocycles. The van der Waals surface area contributed by atoms with Crippen LogP contribution in [0.3, 0.4) is 0 Å². The maximum atomic E-state index is 11.4. The van der Waals surface area contributed by atoms with Gasteiger partial charge in [0.1, 0.15) is 5.38 Å². The molecule has 0 radical (unpaired) electrons. The maximum absolute atomic E-state index is 11.4. The Morgan fingerprint density at radius 2 is 1.94 bits per heavy atom. The van der Waals surface area contributed by atoms with Crippen molar-refractivity contribution in [2.24, 2.45) is 0 Å². The molecule has 0 saturated carbocycles. The average Bonchev–Trinajstić information content (AvgIpc) is 2.29. The quantitative estimate of drug-likeness (QED) is 0.466. The summed E-state index contributed by atoms with van der Waals surface area (Å²) in [5.74, 6) is -1.72. The number of methoxy groups -OCH3 is 1. The monoisotopic (exact) mass is 368 g/mol. The Bertz CT molecular complexity index is 434. The van der Waals surface area contributed by atoms with Crippen LogP contribution in [-0.4, -0.2) is 18.9 Å². The molecule has 0 spiro atoms. The van der Waals surface area contributed by atoms with E-state index in [2.05, 4.69) is 36.6 Å². The van der Waals surface area contributed by atoms with Crippen LogP contribution < -0.4 is 0 Å². The van der Waals surface area contributed by atoms with E-state index in [-0.39, 0.29) is 0 Å². The second-order valence-electron chi connectivity index (χ2n) is 2.89. The second kappa shape index (κ2) is 5.80. The van der Waals surface area contributed by atoms with Crippen molar-refractivity contribution in [3.8, 4) is 0 Å². The van der Waals surface area contributed by atoms with Crippen LogP contribution in [0.5, 0.6) is 0 Å². The van der Waals surface area contributed by atoms with Gasteiger partial charge in [-0.1, -0.05) is 6.07 Å². The Balaban J connectivity index is 2.96. The number of carbonyl (C=O) groups excluding carboxylic acids is 2. The zero-order valence-corrected chi connectivity index (χ0v) is 12.1. The van der Waals surface area contributed by atoms with Gasteiger partial charge < -0.3 is 4.74 Å². The largest absolute Gasteiger partial charge is 0.463 e. The molecule has 6 heteroatoms. The fourth-order valence-electron chi connectivity index (χ4n) is 1.03. The normalized spacial score (nSPS) is 12.0. The molecule has 0 fully saturated rings. The number of rotatable bonds is 3. The summed E-state index contributed by atoms with van der Waals surface area (Å²) in [6.45, 7) is 0. The van der Waals surface area contributed by atoms with Crippen LogP contribution in [0.4, 0.5) is 0 Å². The fraction of sp³-hybridized carbons (Fsp3) is 0.200. The van der Waals surface area contributed by atoms with E-state index < -0.39 is 17.1 Å². The van der Waals surface area contributed by atoms with Crippen LogP contribution >= 0.6 is 43.5 Å². The number of Topliss-reactive ketones (excluding diaryl/α,β-unsaturated/α-hetero) is 1.